The van der Waals surface area contributed by atoms with Crippen LogP contribution in [0, 0.1) is 11.3 Å². The van der Waals surface area contributed by atoms with Gasteiger partial charge in [-0.05, 0) is 41.6 Å². The van der Waals surface area contributed by atoms with Gasteiger partial charge in [0.1, 0.15) is 0 Å². The van der Waals surface area contributed by atoms with Crippen LogP contribution in [-0.2, 0) is 11.3 Å². The van der Waals surface area contributed by atoms with Gasteiger partial charge < -0.3 is 5.32 Å². The maximum atomic E-state index is 12.8. The van der Waals surface area contributed by atoms with E-state index in [2.05, 4.69) is 11.4 Å². The maximum absolute atomic E-state index is 12.8. The van der Waals surface area contributed by atoms with Gasteiger partial charge in [-0.25, -0.2) is 0 Å². The molecule has 0 fully saturated rings. The fourth-order valence-electron chi connectivity index (χ4n) is 3.67. The molecule has 1 N–H and O–H groups in total. The lowest BCUT2D eigenvalue weighted by Crippen LogP contribution is -2.41. The van der Waals surface area contributed by atoms with Crippen molar-refractivity contribution in [2.75, 3.05) is 6.54 Å². The molecule has 0 atom stereocenters. The first kappa shape index (κ1) is 19.3. The first-order valence-corrected chi connectivity index (χ1v) is 9.72. The van der Waals surface area contributed by atoms with Crippen molar-refractivity contribution in [3.8, 4) is 6.07 Å². The summed E-state index contributed by atoms with van der Waals surface area (Å²) in [7, 11) is 0. The summed E-state index contributed by atoms with van der Waals surface area (Å²) in [5.41, 5.74) is 2.51. The van der Waals surface area contributed by atoms with E-state index in [1.807, 2.05) is 24.3 Å². The van der Waals surface area contributed by atoms with Crippen LogP contribution in [0.3, 0.4) is 0 Å². The molecule has 1 aliphatic heterocycles. The van der Waals surface area contributed by atoms with E-state index in [0.717, 1.165) is 10.9 Å². The van der Waals surface area contributed by atoms with Crippen LogP contribution in [0.25, 0.3) is 10.8 Å². The molecule has 0 spiro atoms. The van der Waals surface area contributed by atoms with Gasteiger partial charge in [0, 0.05) is 36.0 Å². The Kier molecular flexibility index (Phi) is 5.27. The smallest absolute Gasteiger partial charge is 0.261 e. The molecular weight excluding hydrogens is 378 g/mol. The summed E-state index contributed by atoms with van der Waals surface area (Å²) in [6, 6.07) is 19.9. The minimum Gasteiger partial charge on any atom is -0.352 e. The number of carbonyl (C=O) groups is 3. The topological polar surface area (TPSA) is 90.3 Å². The van der Waals surface area contributed by atoms with E-state index in [1.54, 1.807) is 36.4 Å². The van der Waals surface area contributed by atoms with Gasteiger partial charge in [-0.1, -0.05) is 36.4 Å². The SMILES string of the molecule is N#Cc1ccc(CNC(=O)CCCN2C(=O)c3cccc4cccc(c34)C2=O)cc1. The van der Waals surface area contributed by atoms with Crippen LogP contribution >= 0.6 is 0 Å². The number of carbonyl (C=O) groups excluding carboxylic acids is 3. The molecule has 4 rings (SSSR count). The van der Waals surface area contributed by atoms with Crippen LogP contribution in [0.15, 0.2) is 60.7 Å². The lowest BCUT2D eigenvalue weighted by Gasteiger charge is -2.27. The molecule has 0 aliphatic carbocycles. The predicted molar refractivity (Wildman–Crippen MR) is 112 cm³/mol. The van der Waals surface area contributed by atoms with Crippen molar-refractivity contribution < 1.29 is 14.4 Å². The van der Waals surface area contributed by atoms with Crippen LogP contribution in [0.4, 0.5) is 0 Å². The Hall–Kier alpha value is -3.98. The third kappa shape index (κ3) is 3.65. The third-order valence-corrected chi connectivity index (χ3v) is 5.21. The van der Waals surface area contributed by atoms with Crippen molar-refractivity contribution in [3.05, 3.63) is 82.9 Å². The summed E-state index contributed by atoms with van der Waals surface area (Å²) in [5, 5.41) is 13.2. The molecule has 3 aromatic carbocycles. The Balaban J connectivity index is 1.35. The summed E-state index contributed by atoms with van der Waals surface area (Å²) >= 11 is 0. The quantitative estimate of drug-likeness (QED) is 0.646. The molecule has 0 bridgehead atoms. The predicted octanol–water partition coefficient (Wildman–Crippen LogP) is 3.40. The summed E-state index contributed by atoms with van der Waals surface area (Å²) in [5.74, 6) is -0.789. The number of amides is 3. The zero-order valence-electron chi connectivity index (χ0n) is 16.2. The number of nitrogens with one attached hydrogen (secondary N) is 1. The van der Waals surface area contributed by atoms with Crippen molar-refractivity contribution in [2.24, 2.45) is 0 Å². The second-order valence-electron chi connectivity index (χ2n) is 7.16. The lowest BCUT2D eigenvalue weighted by molar-refractivity contribution is -0.121. The van der Waals surface area contributed by atoms with Crippen molar-refractivity contribution in [1.82, 2.24) is 10.2 Å². The minimum atomic E-state index is -0.317. The van der Waals surface area contributed by atoms with Crippen molar-refractivity contribution in [2.45, 2.75) is 19.4 Å². The monoisotopic (exact) mass is 397 g/mol. The van der Waals surface area contributed by atoms with Gasteiger partial charge >= 0.3 is 0 Å². The number of nitriles is 1. The standard InChI is InChI=1S/C24H19N3O3/c25-14-16-9-11-17(12-10-16)15-26-21(28)8-3-13-27-23(29)19-6-1-4-18-5-2-7-20(22(18)19)24(27)30/h1-2,4-7,9-12H,3,8,13,15H2,(H,26,28). The van der Waals surface area contributed by atoms with E-state index in [4.69, 9.17) is 5.26 Å². The average Bonchev–Trinajstić information content (AvgIpc) is 2.78. The Labute approximate surface area is 173 Å². The molecule has 0 unspecified atom stereocenters. The second kappa shape index (κ2) is 8.18. The zero-order valence-corrected chi connectivity index (χ0v) is 16.2. The first-order valence-electron chi connectivity index (χ1n) is 9.72. The third-order valence-electron chi connectivity index (χ3n) is 5.21. The molecule has 6 nitrogen and oxygen atoms in total. The molecule has 148 valence electrons. The highest BCUT2D eigenvalue weighted by Gasteiger charge is 2.32. The van der Waals surface area contributed by atoms with Gasteiger partial charge in [-0.3, -0.25) is 19.3 Å². The second-order valence-corrected chi connectivity index (χ2v) is 7.16. The van der Waals surface area contributed by atoms with Gasteiger partial charge in [0.15, 0.2) is 0 Å². The van der Waals surface area contributed by atoms with Gasteiger partial charge in [0.05, 0.1) is 11.6 Å². The molecule has 1 heterocycles. The van der Waals surface area contributed by atoms with Gasteiger partial charge in [-0.15, -0.1) is 0 Å². The summed E-state index contributed by atoms with van der Waals surface area (Å²) in [4.78, 5) is 39.0. The first-order chi connectivity index (χ1) is 14.6. The van der Waals surface area contributed by atoms with Crippen LogP contribution in [0.5, 0.6) is 0 Å². The number of imide groups is 1. The molecule has 30 heavy (non-hydrogen) atoms. The summed E-state index contributed by atoms with van der Waals surface area (Å²) in [6.07, 6.45) is 0.591. The molecule has 3 aromatic rings. The Morgan fingerprint density at radius 1 is 0.933 bits per heavy atom. The number of hydrogen-bond acceptors (Lipinski definition) is 4. The van der Waals surface area contributed by atoms with E-state index < -0.39 is 0 Å². The molecule has 0 radical (unpaired) electrons. The van der Waals surface area contributed by atoms with Crippen molar-refractivity contribution >= 4 is 28.5 Å². The Bertz CT molecular complexity index is 1140. The Morgan fingerprint density at radius 3 is 2.17 bits per heavy atom. The fourth-order valence-corrected chi connectivity index (χ4v) is 3.67. The number of nitrogens with zero attached hydrogens (tertiary/aromatic N) is 2. The normalized spacial score (nSPS) is 12.7. The van der Waals surface area contributed by atoms with E-state index in [1.165, 1.54) is 4.90 Å². The highest BCUT2D eigenvalue weighted by atomic mass is 16.2. The van der Waals surface area contributed by atoms with Crippen molar-refractivity contribution in [3.63, 3.8) is 0 Å². The lowest BCUT2D eigenvalue weighted by atomic mass is 9.94. The number of rotatable bonds is 6. The summed E-state index contributed by atoms with van der Waals surface area (Å²) in [6.45, 7) is 0.550. The average molecular weight is 397 g/mol. The molecule has 6 heteroatoms. The number of hydrogen-bond donors (Lipinski definition) is 1. The van der Waals surface area contributed by atoms with Gasteiger partial charge in [-0.2, -0.15) is 5.26 Å². The van der Waals surface area contributed by atoms with E-state index in [9.17, 15) is 14.4 Å². The van der Waals surface area contributed by atoms with Crippen LogP contribution in [0.1, 0.15) is 44.7 Å². The molecule has 0 saturated heterocycles. The minimum absolute atomic E-state index is 0.154. The largest absolute Gasteiger partial charge is 0.352 e. The van der Waals surface area contributed by atoms with Crippen LogP contribution in [-0.4, -0.2) is 29.2 Å². The van der Waals surface area contributed by atoms with Gasteiger partial charge in [0.25, 0.3) is 11.8 Å². The van der Waals surface area contributed by atoms with Gasteiger partial charge in [0.2, 0.25) is 5.91 Å². The molecule has 1 aliphatic rings. The highest BCUT2D eigenvalue weighted by Crippen LogP contribution is 2.30. The zero-order chi connectivity index (χ0) is 21.1. The van der Waals surface area contributed by atoms with Crippen molar-refractivity contribution in [1.29, 1.82) is 5.26 Å². The van der Waals surface area contributed by atoms with E-state index in [-0.39, 0.29) is 30.7 Å². The Morgan fingerprint density at radius 2 is 1.57 bits per heavy atom. The molecular formula is C24H19N3O3. The molecule has 3 amide bonds. The van der Waals surface area contributed by atoms with Crippen LogP contribution in [0.2, 0.25) is 0 Å². The molecule has 0 aromatic heterocycles. The fraction of sp³-hybridized carbons (Fsp3) is 0.167. The van der Waals surface area contributed by atoms with E-state index >= 15 is 0 Å². The highest BCUT2D eigenvalue weighted by molar-refractivity contribution is 6.25. The summed E-state index contributed by atoms with van der Waals surface area (Å²) < 4.78 is 0. The maximum Gasteiger partial charge on any atom is 0.261 e. The number of benzene rings is 3. The molecule has 0 saturated carbocycles. The van der Waals surface area contributed by atoms with Crippen LogP contribution < -0.4 is 5.32 Å². The van der Waals surface area contributed by atoms with E-state index in [0.29, 0.717) is 35.0 Å².